The van der Waals surface area contributed by atoms with Crippen molar-refractivity contribution in [1.82, 2.24) is 4.98 Å². The molecule has 1 N–H and O–H groups in total. The molecule has 0 fully saturated rings. The summed E-state index contributed by atoms with van der Waals surface area (Å²) < 4.78 is 23.1. The van der Waals surface area contributed by atoms with E-state index in [9.17, 15) is 13.5 Å². The second-order valence-electron chi connectivity index (χ2n) is 5.63. The average molecular weight is 331 g/mol. The standard InChI is InChI=1S/C16H17N3O3S/c1-12-10-16(20,13-6-4-3-5-7-13)19(18-12)15-9-8-14(11-17-15)23(2,21)22/h3-9,11,20H,10H2,1-2H3/t16-/m0/s1. The Morgan fingerprint density at radius 2 is 1.87 bits per heavy atom. The summed E-state index contributed by atoms with van der Waals surface area (Å²) in [6, 6.07) is 12.2. The van der Waals surface area contributed by atoms with E-state index in [1.54, 1.807) is 6.07 Å². The number of hydrazone groups is 1. The highest BCUT2D eigenvalue weighted by atomic mass is 32.2. The van der Waals surface area contributed by atoms with E-state index in [1.807, 2.05) is 37.3 Å². The molecule has 120 valence electrons. The van der Waals surface area contributed by atoms with Gasteiger partial charge in [-0.15, -0.1) is 0 Å². The van der Waals surface area contributed by atoms with E-state index in [2.05, 4.69) is 10.1 Å². The van der Waals surface area contributed by atoms with Crippen molar-refractivity contribution < 1.29 is 13.5 Å². The zero-order valence-electron chi connectivity index (χ0n) is 12.8. The number of sulfone groups is 1. The predicted octanol–water partition coefficient (Wildman–Crippen LogP) is 1.92. The van der Waals surface area contributed by atoms with Crippen molar-refractivity contribution in [2.45, 2.75) is 24.0 Å². The molecule has 2 aromatic rings. The third kappa shape index (κ3) is 2.85. The van der Waals surface area contributed by atoms with Crippen LogP contribution < -0.4 is 5.01 Å². The van der Waals surface area contributed by atoms with Crippen molar-refractivity contribution in [1.29, 1.82) is 0 Å². The lowest BCUT2D eigenvalue weighted by Crippen LogP contribution is -2.40. The van der Waals surface area contributed by atoms with Gasteiger partial charge in [0.25, 0.3) is 0 Å². The second kappa shape index (κ2) is 5.43. The molecule has 1 atom stereocenters. The molecule has 7 heteroatoms. The Bertz CT molecular complexity index is 848. The number of aliphatic hydroxyl groups is 1. The van der Waals surface area contributed by atoms with Crippen LogP contribution in [0.3, 0.4) is 0 Å². The molecule has 23 heavy (non-hydrogen) atoms. The van der Waals surface area contributed by atoms with Gasteiger partial charge in [0.05, 0.1) is 4.90 Å². The molecular formula is C16H17N3O3S. The Hall–Kier alpha value is -2.25. The van der Waals surface area contributed by atoms with Gasteiger partial charge in [-0.25, -0.2) is 18.4 Å². The molecule has 2 heterocycles. The van der Waals surface area contributed by atoms with Gasteiger partial charge in [-0.2, -0.15) is 5.10 Å². The molecule has 3 rings (SSSR count). The molecule has 1 aliphatic heterocycles. The molecule has 0 saturated carbocycles. The van der Waals surface area contributed by atoms with Crippen LogP contribution in [0.1, 0.15) is 18.9 Å². The Labute approximate surface area is 135 Å². The Morgan fingerprint density at radius 3 is 2.43 bits per heavy atom. The molecule has 0 saturated heterocycles. The van der Waals surface area contributed by atoms with Gasteiger partial charge in [0, 0.05) is 30.1 Å². The minimum atomic E-state index is -3.31. The average Bonchev–Trinajstić information content (AvgIpc) is 2.83. The van der Waals surface area contributed by atoms with Crippen molar-refractivity contribution in [2.24, 2.45) is 5.10 Å². The Kier molecular flexibility index (Phi) is 3.69. The van der Waals surface area contributed by atoms with Gasteiger partial charge >= 0.3 is 0 Å². The highest BCUT2D eigenvalue weighted by Gasteiger charge is 2.42. The number of aromatic nitrogens is 1. The highest BCUT2D eigenvalue weighted by Crippen LogP contribution is 2.38. The van der Waals surface area contributed by atoms with E-state index >= 15 is 0 Å². The Balaban J connectivity index is 2.03. The number of hydrogen-bond donors (Lipinski definition) is 1. The van der Waals surface area contributed by atoms with Gasteiger partial charge in [0.15, 0.2) is 21.4 Å². The van der Waals surface area contributed by atoms with Crippen molar-refractivity contribution in [2.75, 3.05) is 11.3 Å². The third-order valence-electron chi connectivity index (χ3n) is 3.73. The van der Waals surface area contributed by atoms with Crippen LogP contribution in [-0.2, 0) is 15.6 Å². The highest BCUT2D eigenvalue weighted by molar-refractivity contribution is 7.90. The van der Waals surface area contributed by atoms with Crippen molar-refractivity contribution in [3.63, 3.8) is 0 Å². The maximum atomic E-state index is 11.5. The SMILES string of the molecule is CC1=NN(c2ccc(S(C)(=O)=O)cn2)[C@@](O)(c2ccccc2)C1. The van der Waals surface area contributed by atoms with E-state index in [0.717, 1.165) is 12.0 Å². The van der Waals surface area contributed by atoms with Gasteiger partial charge in [-0.05, 0) is 19.1 Å². The van der Waals surface area contributed by atoms with Crippen molar-refractivity contribution >= 4 is 21.4 Å². The minimum absolute atomic E-state index is 0.129. The zero-order chi connectivity index (χ0) is 16.7. The van der Waals surface area contributed by atoms with Crippen molar-refractivity contribution in [3.8, 4) is 0 Å². The maximum absolute atomic E-state index is 11.5. The topological polar surface area (TPSA) is 82.9 Å². The normalized spacial score (nSPS) is 21.3. The predicted molar refractivity (Wildman–Crippen MR) is 87.9 cm³/mol. The first kappa shape index (κ1) is 15.6. The minimum Gasteiger partial charge on any atom is -0.365 e. The van der Waals surface area contributed by atoms with E-state index in [-0.39, 0.29) is 4.90 Å². The van der Waals surface area contributed by atoms with Gasteiger partial charge in [-0.3, -0.25) is 0 Å². The van der Waals surface area contributed by atoms with Crippen LogP contribution in [-0.4, -0.2) is 30.5 Å². The summed E-state index contributed by atoms with van der Waals surface area (Å²) in [5.74, 6) is 0.389. The summed E-state index contributed by atoms with van der Waals surface area (Å²) in [5.41, 5.74) is 0.144. The van der Waals surface area contributed by atoms with Gasteiger partial charge < -0.3 is 5.11 Å². The number of anilines is 1. The van der Waals surface area contributed by atoms with Crippen LogP contribution in [0.5, 0.6) is 0 Å². The summed E-state index contributed by atoms with van der Waals surface area (Å²) in [7, 11) is -3.31. The largest absolute Gasteiger partial charge is 0.365 e. The molecule has 0 radical (unpaired) electrons. The molecule has 0 aliphatic carbocycles. The van der Waals surface area contributed by atoms with Gasteiger partial charge in [-0.1, -0.05) is 30.3 Å². The summed E-state index contributed by atoms with van der Waals surface area (Å²) in [6.07, 6.45) is 2.76. The first-order chi connectivity index (χ1) is 10.8. The molecule has 1 aromatic heterocycles. The Morgan fingerprint density at radius 1 is 1.17 bits per heavy atom. The van der Waals surface area contributed by atoms with E-state index in [4.69, 9.17) is 0 Å². The molecule has 0 unspecified atom stereocenters. The first-order valence-electron chi connectivity index (χ1n) is 7.09. The summed E-state index contributed by atoms with van der Waals surface area (Å²) in [6.45, 7) is 1.83. The van der Waals surface area contributed by atoms with Crippen LogP contribution in [0.25, 0.3) is 0 Å². The zero-order valence-corrected chi connectivity index (χ0v) is 13.7. The van der Waals surface area contributed by atoms with Crippen LogP contribution >= 0.6 is 0 Å². The summed E-state index contributed by atoms with van der Waals surface area (Å²) >= 11 is 0. The van der Waals surface area contributed by atoms with E-state index in [0.29, 0.717) is 17.8 Å². The fourth-order valence-electron chi connectivity index (χ4n) is 2.61. The quantitative estimate of drug-likeness (QED) is 0.929. The number of pyridine rings is 1. The smallest absolute Gasteiger partial charge is 0.191 e. The van der Waals surface area contributed by atoms with Gasteiger partial charge in [0.1, 0.15) is 0 Å². The summed E-state index contributed by atoms with van der Waals surface area (Å²) in [5, 5.41) is 16.9. The molecule has 1 aromatic carbocycles. The molecule has 0 spiro atoms. The molecule has 6 nitrogen and oxygen atoms in total. The number of hydrogen-bond acceptors (Lipinski definition) is 6. The monoisotopic (exact) mass is 331 g/mol. The first-order valence-corrected chi connectivity index (χ1v) is 8.98. The third-order valence-corrected chi connectivity index (χ3v) is 4.82. The van der Waals surface area contributed by atoms with Crippen LogP contribution in [0.15, 0.2) is 58.7 Å². The van der Waals surface area contributed by atoms with Crippen LogP contribution in [0, 0.1) is 0 Å². The lowest BCUT2D eigenvalue weighted by molar-refractivity contribution is 0.0486. The lowest BCUT2D eigenvalue weighted by Gasteiger charge is -2.32. The molecule has 0 bridgehead atoms. The molecule has 0 amide bonds. The lowest BCUT2D eigenvalue weighted by atomic mass is 9.98. The van der Waals surface area contributed by atoms with E-state index in [1.165, 1.54) is 17.3 Å². The fourth-order valence-corrected chi connectivity index (χ4v) is 3.17. The van der Waals surface area contributed by atoms with E-state index < -0.39 is 15.6 Å². The van der Waals surface area contributed by atoms with Crippen molar-refractivity contribution in [3.05, 3.63) is 54.2 Å². The number of nitrogens with zero attached hydrogens (tertiary/aromatic N) is 3. The maximum Gasteiger partial charge on any atom is 0.191 e. The fraction of sp³-hybridized carbons (Fsp3) is 0.250. The molecular weight excluding hydrogens is 314 g/mol. The second-order valence-corrected chi connectivity index (χ2v) is 7.65. The molecule has 1 aliphatic rings. The number of benzene rings is 1. The van der Waals surface area contributed by atoms with Gasteiger partial charge in [0.2, 0.25) is 0 Å². The summed E-state index contributed by atoms with van der Waals surface area (Å²) in [4.78, 5) is 4.29. The van der Waals surface area contributed by atoms with Crippen LogP contribution in [0.2, 0.25) is 0 Å². The number of rotatable bonds is 3. The van der Waals surface area contributed by atoms with Crippen LogP contribution in [0.4, 0.5) is 5.82 Å².